The van der Waals surface area contributed by atoms with Crippen molar-refractivity contribution in [1.82, 2.24) is 5.32 Å². The Labute approximate surface area is 114 Å². The van der Waals surface area contributed by atoms with Crippen molar-refractivity contribution in [1.29, 1.82) is 0 Å². The van der Waals surface area contributed by atoms with E-state index in [9.17, 15) is 19.2 Å². The number of nitrogens with zero attached hydrogens (tertiary/aromatic N) is 1. The molecule has 1 N–H and O–H groups in total. The minimum absolute atomic E-state index is 0.177. The van der Waals surface area contributed by atoms with Crippen LogP contribution in [0.25, 0.3) is 0 Å². The second kappa shape index (κ2) is 5.12. The third-order valence-electron chi connectivity index (χ3n) is 2.90. The molecule has 1 saturated heterocycles. The molecule has 1 aliphatic heterocycles. The second-order valence-electron chi connectivity index (χ2n) is 4.18. The molecule has 1 aliphatic rings. The molecule has 1 heterocycles. The number of para-hydroxylation sites is 2. The Bertz CT molecular complexity index is 611. The molecule has 0 aliphatic carbocycles. The number of hydrogen-bond acceptors (Lipinski definition) is 5. The van der Waals surface area contributed by atoms with Crippen molar-refractivity contribution in [3.05, 3.63) is 24.3 Å². The average Bonchev–Trinajstić information content (AvgIpc) is 2.38. The number of urea groups is 1. The van der Waals surface area contributed by atoms with Crippen LogP contribution >= 0.6 is 0 Å². The number of imide groups is 2. The molecule has 20 heavy (non-hydrogen) atoms. The largest absolute Gasteiger partial charge is 0.495 e. The summed E-state index contributed by atoms with van der Waals surface area (Å²) < 4.78 is 5.07. The lowest BCUT2D eigenvalue weighted by atomic mass is 10.00. The Morgan fingerprint density at radius 2 is 1.90 bits per heavy atom. The molecule has 1 aromatic rings. The van der Waals surface area contributed by atoms with Crippen LogP contribution < -0.4 is 15.0 Å². The summed E-state index contributed by atoms with van der Waals surface area (Å²) in [6, 6.07) is 5.43. The normalized spacial score (nSPS) is 18.8. The third-order valence-corrected chi connectivity index (χ3v) is 2.90. The molecule has 0 bridgehead atoms. The molecule has 104 valence electrons. The SMILES string of the molecule is COc1ccccc1N1C(=O)NC(=O)[C@@H](C(C)=O)C1=O. The van der Waals surface area contributed by atoms with Crippen LogP contribution in [0.3, 0.4) is 0 Å². The summed E-state index contributed by atoms with van der Waals surface area (Å²) >= 11 is 0. The van der Waals surface area contributed by atoms with Gasteiger partial charge in [-0.3, -0.25) is 19.7 Å². The number of carbonyl (C=O) groups excluding carboxylic acids is 4. The third kappa shape index (κ3) is 2.13. The summed E-state index contributed by atoms with van der Waals surface area (Å²) in [5, 5.41) is 1.99. The molecule has 1 aromatic carbocycles. The van der Waals surface area contributed by atoms with E-state index in [1.54, 1.807) is 18.2 Å². The monoisotopic (exact) mass is 276 g/mol. The lowest BCUT2D eigenvalue weighted by Crippen LogP contribution is -2.60. The van der Waals surface area contributed by atoms with Crippen molar-refractivity contribution in [2.24, 2.45) is 5.92 Å². The number of amides is 4. The number of ether oxygens (including phenoxy) is 1. The van der Waals surface area contributed by atoms with Crippen molar-refractivity contribution >= 4 is 29.3 Å². The summed E-state index contributed by atoms with van der Waals surface area (Å²) in [5.41, 5.74) is 0.177. The molecule has 1 fully saturated rings. The minimum atomic E-state index is -1.52. The van der Waals surface area contributed by atoms with Crippen LogP contribution in [0.1, 0.15) is 6.92 Å². The van der Waals surface area contributed by atoms with Gasteiger partial charge < -0.3 is 4.74 Å². The van der Waals surface area contributed by atoms with Gasteiger partial charge in [0.2, 0.25) is 5.91 Å². The van der Waals surface area contributed by atoms with E-state index in [0.717, 1.165) is 11.8 Å². The summed E-state index contributed by atoms with van der Waals surface area (Å²) in [5.74, 6) is -3.64. The first-order valence-corrected chi connectivity index (χ1v) is 5.79. The Hall–Kier alpha value is -2.70. The molecule has 7 nitrogen and oxygen atoms in total. The minimum Gasteiger partial charge on any atom is -0.495 e. The molecule has 0 radical (unpaired) electrons. The van der Waals surface area contributed by atoms with Gasteiger partial charge in [0.15, 0.2) is 11.7 Å². The predicted octanol–water partition coefficient (Wildman–Crippen LogP) is 0.483. The summed E-state index contributed by atoms with van der Waals surface area (Å²) in [6.07, 6.45) is 0. The zero-order chi connectivity index (χ0) is 14.9. The summed E-state index contributed by atoms with van der Waals surface area (Å²) in [7, 11) is 1.39. The first-order chi connectivity index (χ1) is 9.47. The maximum atomic E-state index is 12.2. The summed E-state index contributed by atoms with van der Waals surface area (Å²) in [4.78, 5) is 47.8. The molecular weight excluding hydrogens is 264 g/mol. The van der Waals surface area contributed by atoms with Gasteiger partial charge in [-0.2, -0.15) is 0 Å². The quantitative estimate of drug-likeness (QED) is 0.811. The van der Waals surface area contributed by atoms with Crippen molar-refractivity contribution in [3.8, 4) is 5.75 Å². The van der Waals surface area contributed by atoms with Crippen LogP contribution in [0.4, 0.5) is 10.5 Å². The van der Waals surface area contributed by atoms with E-state index < -0.39 is 29.5 Å². The Balaban J connectivity index is 2.49. The highest BCUT2D eigenvalue weighted by Gasteiger charge is 2.44. The van der Waals surface area contributed by atoms with Crippen molar-refractivity contribution < 1.29 is 23.9 Å². The van der Waals surface area contributed by atoms with Crippen LogP contribution in [0, 0.1) is 5.92 Å². The number of ketones is 1. The fourth-order valence-electron chi connectivity index (χ4n) is 1.98. The van der Waals surface area contributed by atoms with Crippen LogP contribution in [-0.4, -0.2) is 30.7 Å². The highest BCUT2D eigenvalue weighted by Crippen LogP contribution is 2.30. The van der Waals surface area contributed by atoms with Gasteiger partial charge in [-0.15, -0.1) is 0 Å². The molecule has 7 heteroatoms. The van der Waals surface area contributed by atoms with E-state index in [1.165, 1.54) is 13.2 Å². The number of benzene rings is 1. The number of rotatable bonds is 3. The molecule has 0 aromatic heterocycles. The van der Waals surface area contributed by atoms with E-state index in [-0.39, 0.29) is 11.4 Å². The smallest absolute Gasteiger partial charge is 0.335 e. The fraction of sp³-hybridized carbons (Fsp3) is 0.231. The zero-order valence-corrected chi connectivity index (χ0v) is 10.9. The molecule has 2 rings (SSSR count). The van der Waals surface area contributed by atoms with Gasteiger partial charge in [0.25, 0.3) is 5.91 Å². The standard InChI is InChI=1S/C13H12N2O5/c1-7(16)10-11(17)14-13(19)15(12(10)18)8-5-3-4-6-9(8)20-2/h3-6,10H,1-2H3,(H,14,17,19)/t10-/m1/s1. The molecule has 1 atom stereocenters. The van der Waals surface area contributed by atoms with E-state index in [1.807, 2.05) is 5.32 Å². The lowest BCUT2D eigenvalue weighted by molar-refractivity contribution is -0.140. The Kier molecular flexibility index (Phi) is 3.51. The van der Waals surface area contributed by atoms with Crippen LogP contribution in [0.15, 0.2) is 24.3 Å². The Morgan fingerprint density at radius 3 is 2.50 bits per heavy atom. The molecule has 0 unspecified atom stereocenters. The lowest BCUT2D eigenvalue weighted by Gasteiger charge is -2.29. The van der Waals surface area contributed by atoms with E-state index in [2.05, 4.69) is 0 Å². The van der Waals surface area contributed by atoms with Crippen LogP contribution in [-0.2, 0) is 14.4 Å². The first-order valence-electron chi connectivity index (χ1n) is 5.79. The van der Waals surface area contributed by atoms with Crippen molar-refractivity contribution in [3.63, 3.8) is 0 Å². The highest BCUT2D eigenvalue weighted by molar-refractivity contribution is 6.34. The molecular formula is C13H12N2O5. The fourth-order valence-corrected chi connectivity index (χ4v) is 1.98. The van der Waals surface area contributed by atoms with Gasteiger partial charge in [-0.1, -0.05) is 12.1 Å². The van der Waals surface area contributed by atoms with Crippen LogP contribution in [0.2, 0.25) is 0 Å². The highest BCUT2D eigenvalue weighted by atomic mass is 16.5. The van der Waals surface area contributed by atoms with Gasteiger partial charge in [0.05, 0.1) is 12.8 Å². The first kappa shape index (κ1) is 13.7. The van der Waals surface area contributed by atoms with Gasteiger partial charge in [0, 0.05) is 0 Å². The van der Waals surface area contributed by atoms with Gasteiger partial charge >= 0.3 is 6.03 Å². The second-order valence-corrected chi connectivity index (χ2v) is 4.18. The van der Waals surface area contributed by atoms with E-state index in [0.29, 0.717) is 0 Å². The molecule has 0 saturated carbocycles. The predicted molar refractivity (Wildman–Crippen MR) is 68.2 cm³/mol. The number of hydrogen-bond donors (Lipinski definition) is 1. The maximum Gasteiger partial charge on any atom is 0.335 e. The maximum absolute atomic E-state index is 12.2. The number of methoxy groups -OCH3 is 1. The number of nitrogens with one attached hydrogen (secondary N) is 1. The Morgan fingerprint density at radius 1 is 1.25 bits per heavy atom. The number of barbiturate groups is 1. The zero-order valence-electron chi connectivity index (χ0n) is 10.9. The summed E-state index contributed by atoms with van der Waals surface area (Å²) in [6.45, 7) is 1.12. The molecule has 4 amide bonds. The van der Waals surface area contributed by atoms with Gasteiger partial charge in [-0.05, 0) is 19.1 Å². The van der Waals surface area contributed by atoms with Crippen molar-refractivity contribution in [2.75, 3.05) is 12.0 Å². The topological polar surface area (TPSA) is 92.8 Å². The number of anilines is 1. The van der Waals surface area contributed by atoms with Gasteiger partial charge in [0.1, 0.15) is 5.75 Å². The van der Waals surface area contributed by atoms with Crippen molar-refractivity contribution in [2.45, 2.75) is 6.92 Å². The molecule has 0 spiro atoms. The number of carbonyl (C=O) groups is 4. The van der Waals surface area contributed by atoms with Crippen LogP contribution in [0.5, 0.6) is 5.75 Å². The van der Waals surface area contributed by atoms with E-state index >= 15 is 0 Å². The van der Waals surface area contributed by atoms with Gasteiger partial charge in [-0.25, -0.2) is 9.69 Å². The average molecular weight is 276 g/mol. The number of Topliss-reactive ketones (excluding diaryl/α,β-unsaturated/α-hetero) is 1. The van der Waals surface area contributed by atoms with E-state index in [4.69, 9.17) is 4.74 Å².